The van der Waals surface area contributed by atoms with Gasteiger partial charge in [0.15, 0.2) is 0 Å². The highest BCUT2D eigenvalue weighted by Crippen LogP contribution is 2.29. The van der Waals surface area contributed by atoms with E-state index in [-0.39, 0.29) is 18.4 Å². The fourth-order valence-electron chi connectivity index (χ4n) is 4.21. The molecular weight excluding hydrogens is 494 g/mol. The Morgan fingerprint density at radius 2 is 1.69 bits per heavy atom. The third kappa shape index (κ3) is 9.16. The number of amides is 3. The van der Waals surface area contributed by atoms with Crippen LogP contribution in [0.3, 0.4) is 0 Å². The van der Waals surface area contributed by atoms with Crippen LogP contribution in [-0.4, -0.2) is 48.1 Å². The van der Waals surface area contributed by atoms with E-state index >= 15 is 0 Å². The van der Waals surface area contributed by atoms with Crippen LogP contribution in [0, 0.1) is 19.8 Å². The quantitative estimate of drug-likeness (QED) is 0.346. The van der Waals surface area contributed by atoms with Crippen LogP contribution >= 0.6 is 0 Å². The molecule has 0 aliphatic carbocycles. The van der Waals surface area contributed by atoms with Gasteiger partial charge in [0.2, 0.25) is 5.91 Å². The number of alkyl carbamates (subject to hydrolysis) is 1. The fourth-order valence-corrected chi connectivity index (χ4v) is 4.21. The second kappa shape index (κ2) is 13.8. The molecule has 0 radical (unpaired) electrons. The molecule has 2 rings (SSSR count). The van der Waals surface area contributed by atoms with Gasteiger partial charge in [-0.2, -0.15) is 0 Å². The lowest BCUT2D eigenvalue weighted by atomic mass is 9.94. The summed E-state index contributed by atoms with van der Waals surface area (Å²) in [6, 6.07) is 10.8. The number of carbonyl (C=O) groups is 3. The van der Waals surface area contributed by atoms with E-state index in [1.54, 1.807) is 58.2 Å². The number of nitrogens with one attached hydrogen (secondary N) is 2. The fraction of sp³-hybridized carbons (Fsp3) is 0.452. The van der Waals surface area contributed by atoms with Gasteiger partial charge in [-0.05, 0) is 87.9 Å². The molecule has 2 N–H and O–H groups in total. The van der Waals surface area contributed by atoms with E-state index in [0.717, 1.165) is 11.1 Å². The van der Waals surface area contributed by atoms with Gasteiger partial charge in [-0.15, -0.1) is 6.58 Å². The number of benzene rings is 2. The van der Waals surface area contributed by atoms with E-state index in [0.29, 0.717) is 23.4 Å². The molecule has 0 fully saturated rings. The Bertz CT molecular complexity index is 1150. The van der Waals surface area contributed by atoms with Gasteiger partial charge in [-0.3, -0.25) is 9.59 Å². The molecule has 39 heavy (non-hydrogen) atoms. The second-order valence-corrected chi connectivity index (χ2v) is 11.0. The lowest BCUT2D eigenvalue weighted by molar-refractivity contribution is -0.140. The van der Waals surface area contributed by atoms with Crippen LogP contribution < -0.4 is 15.4 Å². The Labute approximate surface area is 232 Å². The van der Waals surface area contributed by atoms with Gasteiger partial charge in [-0.1, -0.05) is 38.1 Å². The van der Waals surface area contributed by atoms with Gasteiger partial charge in [0.1, 0.15) is 23.4 Å². The van der Waals surface area contributed by atoms with E-state index in [1.807, 2.05) is 45.9 Å². The Balaban J connectivity index is 2.55. The number of hydrogen-bond donors (Lipinski definition) is 2. The average molecular weight is 538 g/mol. The molecule has 0 bridgehead atoms. The van der Waals surface area contributed by atoms with Crippen LogP contribution in [0.4, 0.5) is 10.5 Å². The Hall–Kier alpha value is -3.81. The maximum absolute atomic E-state index is 14.1. The minimum atomic E-state index is -0.979. The van der Waals surface area contributed by atoms with Crippen LogP contribution in [0.2, 0.25) is 0 Å². The SMILES string of the molecule is C=CCN(C(=O)C(CC(C)C)NC(=O)OC(C)(C)C)C(C(=O)Nc1ccc(OC)cc1)c1cccc(C)c1C. The number of nitrogens with zero attached hydrogens (tertiary/aromatic N) is 1. The normalized spacial score (nSPS) is 12.7. The summed E-state index contributed by atoms with van der Waals surface area (Å²) in [6.45, 7) is 17.0. The number of anilines is 1. The van der Waals surface area contributed by atoms with Crippen molar-refractivity contribution in [3.8, 4) is 5.75 Å². The van der Waals surface area contributed by atoms with Gasteiger partial charge in [0.05, 0.1) is 7.11 Å². The van der Waals surface area contributed by atoms with E-state index in [9.17, 15) is 14.4 Å². The standard InChI is InChI=1S/C31H43N3O5/c1-10-18-34(29(36)26(19-20(2)3)33-30(37)39-31(6,7)8)27(25-13-11-12-21(4)22(25)5)28(35)32-23-14-16-24(38-9)17-15-23/h10-17,20,26-27H,1,18-19H2,2-9H3,(H,32,35)(H,33,37). The van der Waals surface area contributed by atoms with Crippen molar-refractivity contribution >= 4 is 23.6 Å². The number of aryl methyl sites for hydroxylation is 1. The van der Waals surface area contributed by atoms with E-state index < -0.39 is 29.7 Å². The van der Waals surface area contributed by atoms with Crippen molar-refractivity contribution in [2.24, 2.45) is 5.92 Å². The molecule has 2 unspecified atom stereocenters. The Morgan fingerprint density at radius 3 is 2.23 bits per heavy atom. The van der Waals surface area contributed by atoms with Crippen molar-refractivity contribution in [3.05, 3.63) is 71.8 Å². The highest BCUT2D eigenvalue weighted by atomic mass is 16.6. The molecular formula is C31H43N3O5. The number of hydrogen-bond acceptors (Lipinski definition) is 5. The zero-order valence-electron chi connectivity index (χ0n) is 24.5. The molecule has 2 atom stereocenters. The summed E-state index contributed by atoms with van der Waals surface area (Å²) < 4.78 is 10.7. The summed E-state index contributed by atoms with van der Waals surface area (Å²) in [6.07, 6.45) is 1.26. The predicted octanol–water partition coefficient (Wildman–Crippen LogP) is 5.95. The topological polar surface area (TPSA) is 97.0 Å². The van der Waals surface area contributed by atoms with Crippen LogP contribution in [0.5, 0.6) is 5.75 Å². The average Bonchev–Trinajstić information content (AvgIpc) is 2.84. The summed E-state index contributed by atoms with van der Waals surface area (Å²) in [5.41, 5.74) is 2.42. The van der Waals surface area contributed by atoms with Gasteiger partial charge >= 0.3 is 6.09 Å². The zero-order valence-corrected chi connectivity index (χ0v) is 24.5. The predicted molar refractivity (Wildman–Crippen MR) is 155 cm³/mol. The Kier molecular flexibility index (Phi) is 11.1. The molecule has 8 nitrogen and oxygen atoms in total. The van der Waals surface area contributed by atoms with Crippen LogP contribution in [-0.2, 0) is 14.3 Å². The van der Waals surface area contributed by atoms with Crippen molar-refractivity contribution in [2.75, 3.05) is 19.0 Å². The van der Waals surface area contributed by atoms with Gasteiger partial charge in [0.25, 0.3) is 5.91 Å². The molecule has 0 saturated carbocycles. The molecule has 2 aromatic rings. The summed E-state index contributed by atoms with van der Waals surface area (Å²) in [7, 11) is 1.57. The van der Waals surface area contributed by atoms with Crippen molar-refractivity contribution in [1.29, 1.82) is 0 Å². The largest absolute Gasteiger partial charge is 0.497 e. The molecule has 212 valence electrons. The number of rotatable bonds is 11. The van der Waals surface area contributed by atoms with Crippen molar-refractivity contribution in [2.45, 2.75) is 72.6 Å². The lowest BCUT2D eigenvalue weighted by Crippen LogP contribution is -2.53. The van der Waals surface area contributed by atoms with Crippen LogP contribution in [0.25, 0.3) is 0 Å². The Morgan fingerprint density at radius 1 is 1.05 bits per heavy atom. The first kappa shape index (κ1) is 31.4. The number of methoxy groups -OCH3 is 1. The highest BCUT2D eigenvalue weighted by molar-refractivity contribution is 5.99. The third-order valence-corrected chi connectivity index (χ3v) is 6.16. The molecule has 2 aromatic carbocycles. The van der Waals surface area contributed by atoms with Crippen molar-refractivity contribution in [1.82, 2.24) is 10.2 Å². The molecule has 3 amide bonds. The van der Waals surface area contributed by atoms with Gasteiger partial charge in [0, 0.05) is 12.2 Å². The smallest absolute Gasteiger partial charge is 0.408 e. The third-order valence-electron chi connectivity index (χ3n) is 6.16. The molecule has 0 saturated heterocycles. The molecule has 0 spiro atoms. The van der Waals surface area contributed by atoms with Crippen LogP contribution in [0.15, 0.2) is 55.1 Å². The van der Waals surface area contributed by atoms with E-state index in [4.69, 9.17) is 9.47 Å². The molecule has 8 heteroatoms. The summed E-state index contributed by atoms with van der Waals surface area (Å²) in [5.74, 6) is -0.0334. The molecule has 0 aliphatic heterocycles. The molecule has 0 heterocycles. The number of ether oxygens (including phenoxy) is 2. The van der Waals surface area contributed by atoms with Gasteiger partial charge in [-0.25, -0.2) is 4.79 Å². The lowest BCUT2D eigenvalue weighted by Gasteiger charge is -2.35. The second-order valence-electron chi connectivity index (χ2n) is 11.0. The monoisotopic (exact) mass is 537 g/mol. The molecule has 0 aromatic heterocycles. The summed E-state index contributed by atoms with van der Waals surface area (Å²) in [5, 5.41) is 5.69. The van der Waals surface area contributed by atoms with Crippen LogP contribution in [0.1, 0.15) is 63.8 Å². The van der Waals surface area contributed by atoms with E-state index in [2.05, 4.69) is 17.2 Å². The first-order chi connectivity index (χ1) is 18.3. The minimum Gasteiger partial charge on any atom is -0.497 e. The molecule has 0 aliphatic rings. The first-order valence-corrected chi connectivity index (χ1v) is 13.2. The highest BCUT2D eigenvalue weighted by Gasteiger charge is 2.37. The maximum Gasteiger partial charge on any atom is 0.408 e. The maximum atomic E-state index is 14.1. The van der Waals surface area contributed by atoms with Gasteiger partial charge < -0.3 is 25.0 Å². The summed E-state index contributed by atoms with van der Waals surface area (Å²) in [4.78, 5) is 42.2. The zero-order chi connectivity index (χ0) is 29.3. The minimum absolute atomic E-state index is 0.0896. The number of carbonyl (C=O) groups excluding carboxylic acids is 3. The van der Waals surface area contributed by atoms with E-state index in [1.165, 1.54) is 4.90 Å². The summed E-state index contributed by atoms with van der Waals surface area (Å²) >= 11 is 0. The van der Waals surface area contributed by atoms with Crippen molar-refractivity contribution < 1.29 is 23.9 Å². The van der Waals surface area contributed by atoms with Crippen molar-refractivity contribution in [3.63, 3.8) is 0 Å². The first-order valence-electron chi connectivity index (χ1n) is 13.2.